The molecule has 2 aliphatic rings. The molecule has 0 spiro atoms. The summed E-state index contributed by atoms with van der Waals surface area (Å²) >= 11 is 0. The van der Waals surface area contributed by atoms with Gasteiger partial charge in [0.05, 0.1) is 11.4 Å². The van der Waals surface area contributed by atoms with Gasteiger partial charge in [-0.25, -0.2) is 14.8 Å². The molecule has 0 radical (unpaired) electrons. The van der Waals surface area contributed by atoms with Crippen LogP contribution in [-0.4, -0.2) is 50.2 Å². The average molecular weight is 394 g/mol. The highest BCUT2D eigenvalue weighted by Crippen LogP contribution is 2.41. The molecule has 0 unspecified atom stereocenters. The lowest BCUT2D eigenvalue weighted by Gasteiger charge is -2.18. The number of aromatic nitrogens is 3. The minimum absolute atomic E-state index is 0.712. The van der Waals surface area contributed by atoms with E-state index in [0.717, 1.165) is 38.2 Å². The van der Waals surface area contributed by atoms with Crippen LogP contribution in [0.4, 0.5) is 13.2 Å². The Morgan fingerprint density at radius 3 is 2.46 bits per heavy atom. The van der Waals surface area contributed by atoms with Crippen molar-refractivity contribution in [3.05, 3.63) is 53.4 Å². The lowest BCUT2D eigenvalue weighted by Crippen LogP contribution is -2.26. The first kappa shape index (κ1) is 20.2. The third-order valence-corrected chi connectivity index (χ3v) is 4.73. The van der Waals surface area contributed by atoms with Gasteiger partial charge in [-0.3, -0.25) is 9.88 Å². The third-order valence-electron chi connectivity index (χ3n) is 4.73. The number of nitrogens with zero attached hydrogens (tertiary/aromatic N) is 4. The molecule has 0 atom stereocenters. The van der Waals surface area contributed by atoms with E-state index >= 15 is 0 Å². The number of halogens is 3. The van der Waals surface area contributed by atoms with Crippen LogP contribution < -0.4 is 0 Å². The van der Waals surface area contributed by atoms with E-state index in [2.05, 4.69) is 32.0 Å². The van der Waals surface area contributed by atoms with Gasteiger partial charge in [0, 0.05) is 43.9 Å². The Morgan fingerprint density at radius 2 is 1.86 bits per heavy atom. The molecule has 9 heteroatoms. The van der Waals surface area contributed by atoms with E-state index in [1.807, 2.05) is 12.3 Å². The molecule has 1 aliphatic heterocycles. The molecule has 2 aromatic rings. The molecular formula is C19H21F3N4O2. The predicted octanol–water partition coefficient (Wildman–Crippen LogP) is 2.98. The second-order valence-corrected chi connectivity index (χ2v) is 6.86. The molecule has 1 N–H and O–H groups in total. The number of pyridine rings is 1. The highest BCUT2D eigenvalue weighted by Gasteiger charge is 2.38. The fourth-order valence-corrected chi connectivity index (χ4v) is 3.19. The summed E-state index contributed by atoms with van der Waals surface area (Å²) in [5.41, 5.74) is 5.19. The van der Waals surface area contributed by atoms with Gasteiger partial charge in [0.15, 0.2) is 0 Å². The van der Waals surface area contributed by atoms with E-state index in [4.69, 9.17) is 9.90 Å². The standard InChI is InChI=1S/C17H20N4.C2HF3O2/c1-2-8-18-14(3-1)11-21-9-6-15-16(7-10-21)19-12-20-17(15)13-4-5-13;3-2(4,5)1(6)7/h1-3,8,12-13H,4-7,9-11H2;(H,6,7). The first-order valence-electron chi connectivity index (χ1n) is 9.09. The van der Waals surface area contributed by atoms with Crippen LogP contribution in [0.5, 0.6) is 0 Å². The molecule has 4 rings (SSSR count). The smallest absolute Gasteiger partial charge is 0.475 e. The number of carbonyl (C=O) groups is 1. The monoisotopic (exact) mass is 394 g/mol. The third kappa shape index (κ3) is 5.48. The van der Waals surface area contributed by atoms with Crippen molar-refractivity contribution in [1.29, 1.82) is 0 Å². The van der Waals surface area contributed by atoms with Crippen LogP contribution in [0, 0.1) is 0 Å². The molecule has 0 amide bonds. The molecule has 1 fully saturated rings. The Hall–Kier alpha value is -2.55. The number of rotatable bonds is 3. The van der Waals surface area contributed by atoms with Gasteiger partial charge < -0.3 is 5.11 Å². The zero-order chi connectivity index (χ0) is 20.1. The molecule has 6 nitrogen and oxygen atoms in total. The first-order valence-corrected chi connectivity index (χ1v) is 9.09. The summed E-state index contributed by atoms with van der Waals surface area (Å²) in [7, 11) is 0. The van der Waals surface area contributed by atoms with E-state index < -0.39 is 12.1 Å². The largest absolute Gasteiger partial charge is 0.490 e. The molecule has 0 aromatic carbocycles. The van der Waals surface area contributed by atoms with Gasteiger partial charge in [0.2, 0.25) is 0 Å². The molecule has 3 heterocycles. The van der Waals surface area contributed by atoms with Crippen LogP contribution >= 0.6 is 0 Å². The number of hydrogen-bond donors (Lipinski definition) is 1. The summed E-state index contributed by atoms with van der Waals surface area (Å²) in [5.74, 6) is -2.04. The second kappa shape index (κ2) is 8.64. The van der Waals surface area contributed by atoms with Crippen molar-refractivity contribution in [3.8, 4) is 0 Å². The summed E-state index contributed by atoms with van der Waals surface area (Å²) in [6.45, 7) is 3.07. The molecule has 0 bridgehead atoms. The van der Waals surface area contributed by atoms with Crippen LogP contribution in [-0.2, 0) is 24.2 Å². The highest BCUT2D eigenvalue weighted by atomic mass is 19.4. The SMILES string of the molecule is O=C(O)C(F)(F)F.c1ccc(CN2CCc3ncnc(C4CC4)c3CC2)nc1. The molecule has 2 aromatic heterocycles. The van der Waals surface area contributed by atoms with Crippen molar-refractivity contribution in [2.24, 2.45) is 0 Å². The zero-order valence-electron chi connectivity index (χ0n) is 15.2. The van der Waals surface area contributed by atoms with Gasteiger partial charge in [-0.2, -0.15) is 13.2 Å². The average Bonchev–Trinajstić information content (AvgIpc) is 3.50. The fraction of sp³-hybridized carbons (Fsp3) is 0.474. The number of carboxylic acids is 1. The van der Waals surface area contributed by atoms with Crippen molar-refractivity contribution >= 4 is 5.97 Å². The normalized spacial score (nSPS) is 17.1. The van der Waals surface area contributed by atoms with Gasteiger partial charge >= 0.3 is 12.1 Å². The van der Waals surface area contributed by atoms with Gasteiger partial charge in [-0.1, -0.05) is 6.07 Å². The fourth-order valence-electron chi connectivity index (χ4n) is 3.19. The minimum Gasteiger partial charge on any atom is -0.475 e. The van der Waals surface area contributed by atoms with E-state index in [1.165, 1.54) is 29.8 Å². The van der Waals surface area contributed by atoms with Crippen LogP contribution in [0.3, 0.4) is 0 Å². The summed E-state index contributed by atoms with van der Waals surface area (Å²) in [6, 6.07) is 6.14. The zero-order valence-corrected chi connectivity index (χ0v) is 15.2. The maximum atomic E-state index is 10.6. The van der Waals surface area contributed by atoms with Crippen molar-refractivity contribution in [3.63, 3.8) is 0 Å². The van der Waals surface area contributed by atoms with E-state index in [0.29, 0.717) is 5.92 Å². The molecule has 1 aliphatic carbocycles. The second-order valence-electron chi connectivity index (χ2n) is 6.86. The van der Waals surface area contributed by atoms with Crippen LogP contribution in [0.1, 0.15) is 41.4 Å². The van der Waals surface area contributed by atoms with Crippen LogP contribution in [0.15, 0.2) is 30.7 Å². The number of carboxylic acid groups (broad SMARTS) is 1. The maximum Gasteiger partial charge on any atom is 0.490 e. The lowest BCUT2D eigenvalue weighted by atomic mass is 10.0. The van der Waals surface area contributed by atoms with E-state index in [9.17, 15) is 13.2 Å². The van der Waals surface area contributed by atoms with Crippen molar-refractivity contribution < 1.29 is 23.1 Å². The quantitative estimate of drug-likeness (QED) is 0.862. The van der Waals surface area contributed by atoms with Crippen LogP contribution in [0.2, 0.25) is 0 Å². The van der Waals surface area contributed by atoms with E-state index in [1.54, 1.807) is 6.33 Å². The molecule has 28 heavy (non-hydrogen) atoms. The lowest BCUT2D eigenvalue weighted by molar-refractivity contribution is -0.192. The Morgan fingerprint density at radius 1 is 1.14 bits per heavy atom. The molecular weight excluding hydrogens is 373 g/mol. The first-order chi connectivity index (χ1) is 13.3. The van der Waals surface area contributed by atoms with Crippen LogP contribution in [0.25, 0.3) is 0 Å². The van der Waals surface area contributed by atoms with Crippen molar-refractivity contribution in [2.45, 2.75) is 44.3 Å². The van der Waals surface area contributed by atoms with Gasteiger partial charge in [0.1, 0.15) is 6.33 Å². The van der Waals surface area contributed by atoms with E-state index in [-0.39, 0.29) is 0 Å². The molecule has 150 valence electrons. The summed E-state index contributed by atoms with van der Waals surface area (Å²) in [6.07, 6.45) is 3.28. The number of fused-ring (bicyclic) bond motifs is 1. The van der Waals surface area contributed by atoms with Gasteiger partial charge in [-0.15, -0.1) is 0 Å². The Labute approximate surface area is 160 Å². The Balaban J connectivity index is 0.000000279. The summed E-state index contributed by atoms with van der Waals surface area (Å²) < 4.78 is 31.7. The molecule has 0 saturated heterocycles. The minimum atomic E-state index is -5.08. The van der Waals surface area contributed by atoms with Crippen molar-refractivity contribution in [1.82, 2.24) is 19.9 Å². The number of aliphatic carboxylic acids is 1. The summed E-state index contributed by atoms with van der Waals surface area (Å²) in [4.78, 5) is 24.9. The summed E-state index contributed by atoms with van der Waals surface area (Å²) in [5, 5.41) is 7.12. The van der Waals surface area contributed by atoms with Crippen molar-refractivity contribution in [2.75, 3.05) is 13.1 Å². The topological polar surface area (TPSA) is 79.2 Å². The number of alkyl halides is 3. The van der Waals surface area contributed by atoms with Gasteiger partial charge in [0.25, 0.3) is 0 Å². The maximum absolute atomic E-state index is 10.6. The Bertz CT molecular complexity index is 811. The predicted molar refractivity (Wildman–Crippen MR) is 94.6 cm³/mol. The molecule has 1 saturated carbocycles. The Kier molecular flexibility index (Phi) is 6.23. The highest BCUT2D eigenvalue weighted by molar-refractivity contribution is 5.73. The van der Waals surface area contributed by atoms with Gasteiger partial charge in [-0.05, 0) is 37.0 Å². The number of hydrogen-bond acceptors (Lipinski definition) is 5.